The van der Waals surface area contributed by atoms with E-state index in [2.05, 4.69) is 46.4 Å². The summed E-state index contributed by atoms with van der Waals surface area (Å²) < 4.78 is 7.64. The fourth-order valence-corrected chi connectivity index (χ4v) is 6.12. The minimum atomic E-state index is -0.0137. The Morgan fingerprint density at radius 1 is 1.06 bits per heavy atom. The van der Waals surface area contributed by atoms with Gasteiger partial charge in [-0.15, -0.1) is 21.5 Å². The Morgan fingerprint density at radius 3 is 2.72 bits per heavy atom. The molecule has 0 saturated carbocycles. The van der Waals surface area contributed by atoms with Crippen molar-refractivity contribution >= 4 is 29.0 Å². The normalized spacial score (nSPS) is 13.1. The maximum Gasteiger partial charge on any atom is 0.273 e. The standard InChI is InChI=1S/C27H23N5O2S2/c1-18-7-2-5-10-22(18)32-25(23-11-6-14-34-23)29-30-27(32)36-17-24-28-21(16-35-24)26(33)31-13-12-19-8-3-4-9-20(19)15-31/h2-11,14,16H,12-13,15,17H2,1H3. The van der Waals surface area contributed by atoms with E-state index in [-0.39, 0.29) is 5.91 Å². The van der Waals surface area contributed by atoms with Gasteiger partial charge in [0.2, 0.25) is 5.82 Å². The molecular formula is C27H23N5O2S2. The number of aromatic nitrogens is 4. The summed E-state index contributed by atoms with van der Waals surface area (Å²) in [5.41, 5.74) is 5.15. The van der Waals surface area contributed by atoms with E-state index in [4.69, 9.17) is 4.42 Å². The Kier molecular flexibility index (Phi) is 6.16. The number of thiazole rings is 1. The molecular weight excluding hydrogens is 490 g/mol. The van der Waals surface area contributed by atoms with Crippen LogP contribution in [0.25, 0.3) is 17.3 Å². The summed E-state index contributed by atoms with van der Waals surface area (Å²) in [5, 5.41) is 12.4. The van der Waals surface area contributed by atoms with E-state index in [0.717, 1.165) is 27.8 Å². The van der Waals surface area contributed by atoms with Gasteiger partial charge in [0.05, 0.1) is 17.7 Å². The Bertz CT molecular complexity index is 1520. The number of benzene rings is 2. The molecule has 7 nitrogen and oxygen atoms in total. The van der Waals surface area contributed by atoms with E-state index in [1.54, 1.807) is 18.0 Å². The molecule has 0 spiro atoms. The van der Waals surface area contributed by atoms with Crippen LogP contribution in [-0.4, -0.2) is 37.1 Å². The maximum atomic E-state index is 13.1. The summed E-state index contributed by atoms with van der Waals surface area (Å²) in [5.74, 6) is 1.88. The van der Waals surface area contributed by atoms with E-state index < -0.39 is 0 Å². The predicted molar refractivity (Wildman–Crippen MR) is 140 cm³/mol. The summed E-state index contributed by atoms with van der Waals surface area (Å²) in [4.78, 5) is 19.7. The van der Waals surface area contributed by atoms with Crippen molar-refractivity contribution < 1.29 is 9.21 Å². The number of hydrogen-bond donors (Lipinski definition) is 0. The number of fused-ring (bicyclic) bond motifs is 1. The molecule has 0 N–H and O–H groups in total. The number of hydrogen-bond acceptors (Lipinski definition) is 7. The Balaban J connectivity index is 1.21. The first-order valence-electron chi connectivity index (χ1n) is 11.7. The third-order valence-corrected chi connectivity index (χ3v) is 8.22. The molecule has 6 rings (SSSR count). The molecule has 180 valence electrons. The highest BCUT2D eigenvalue weighted by atomic mass is 32.2. The number of rotatable bonds is 6. The van der Waals surface area contributed by atoms with Crippen molar-refractivity contribution in [1.29, 1.82) is 0 Å². The lowest BCUT2D eigenvalue weighted by Crippen LogP contribution is -2.36. The van der Waals surface area contributed by atoms with Crippen LogP contribution in [0.3, 0.4) is 0 Å². The van der Waals surface area contributed by atoms with Crippen LogP contribution in [0.1, 0.15) is 32.2 Å². The highest BCUT2D eigenvalue weighted by Crippen LogP contribution is 2.32. The fourth-order valence-electron chi connectivity index (χ4n) is 4.39. The minimum Gasteiger partial charge on any atom is -0.461 e. The molecule has 0 fully saturated rings. The highest BCUT2D eigenvalue weighted by Gasteiger charge is 2.24. The molecule has 3 aromatic heterocycles. The molecule has 9 heteroatoms. The van der Waals surface area contributed by atoms with E-state index in [0.29, 0.717) is 36.1 Å². The smallest absolute Gasteiger partial charge is 0.273 e. The van der Waals surface area contributed by atoms with Crippen molar-refractivity contribution in [2.24, 2.45) is 0 Å². The van der Waals surface area contributed by atoms with Gasteiger partial charge in [-0.05, 0) is 48.2 Å². The first kappa shape index (κ1) is 22.8. The van der Waals surface area contributed by atoms with Gasteiger partial charge in [0.1, 0.15) is 10.7 Å². The molecule has 0 unspecified atom stereocenters. The van der Waals surface area contributed by atoms with Gasteiger partial charge in [0.25, 0.3) is 5.91 Å². The molecule has 1 amide bonds. The molecule has 0 bridgehead atoms. The van der Waals surface area contributed by atoms with Gasteiger partial charge in [-0.1, -0.05) is 54.2 Å². The maximum absolute atomic E-state index is 13.1. The number of thioether (sulfide) groups is 1. The number of carbonyl (C=O) groups is 1. The van der Waals surface area contributed by atoms with Crippen LogP contribution < -0.4 is 0 Å². The van der Waals surface area contributed by atoms with Crippen LogP contribution in [0.4, 0.5) is 0 Å². The molecule has 0 radical (unpaired) electrons. The Hall–Kier alpha value is -3.69. The van der Waals surface area contributed by atoms with Crippen LogP contribution in [0.15, 0.2) is 81.9 Å². The SMILES string of the molecule is Cc1ccccc1-n1c(SCc2nc(C(=O)N3CCc4ccccc4C3)cs2)nnc1-c1ccco1. The second kappa shape index (κ2) is 9.75. The van der Waals surface area contributed by atoms with Crippen LogP contribution >= 0.6 is 23.1 Å². The lowest BCUT2D eigenvalue weighted by atomic mass is 10.00. The van der Waals surface area contributed by atoms with Crippen molar-refractivity contribution in [2.75, 3.05) is 6.54 Å². The molecule has 36 heavy (non-hydrogen) atoms. The molecule has 1 aliphatic rings. The van der Waals surface area contributed by atoms with Crippen molar-refractivity contribution in [3.63, 3.8) is 0 Å². The first-order chi connectivity index (χ1) is 17.7. The van der Waals surface area contributed by atoms with Gasteiger partial charge in [-0.2, -0.15) is 0 Å². The third-order valence-electron chi connectivity index (χ3n) is 6.24. The Labute approximate surface area is 216 Å². The quantitative estimate of drug-likeness (QED) is 0.268. The van der Waals surface area contributed by atoms with Crippen LogP contribution in [0.2, 0.25) is 0 Å². The molecule has 0 aliphatic carbocycles. The average Bonchev–Trinajstić information content (AvgIpc) is 3.68. The van der Waals surface area contributed by atoms with Gasteiger partial charge in [0, 0.05) is 18.5 Å². The summed E-state index contributed by atoms with van der Waals surface area (Å²) in [6.45, 7) is 3.41. The zero-order chi connectivity index (χ0) is 24.5. The van der Waals surface area contributed by atoms with Crippen molar-refractivity contribution in [3.8, 4) is 17.3 Å². The third kappa shape index (κ3) is 4.36. The van der Waals surface area contributed by atoms with E-state index in [9.17, 15) is 4.79 Å². The summed E-state index contributed by atoms with van der Waals surface area (Å²) >= 11 is 3.04. The second-order valence-electron chi connectivity index (χ2n) is 8.57. The molecule has 1 aliphatic heterocycles. The highest BCUT2D eigenvalue weighted by molar-refractivity contribution is 7.98. The number of nitrogens with zero attached hydrogens (tertiary/aromatic N) is 5. The largest absolute Gasteiger partial charge is 0.461 e. The lowest BCUT2D eigenvalue weighted by molar-refractivity contribution is 0.0729. The number of aryl methyl sites for hydroxylation is 1. The van der Waals surface area contributed by atoms with Crippen LogP contribution in [0, 0.1) is 6.92 Å². The van der Waals surface area contributed by atoms with Gasteiger partial charge in [-0.3, -0.25) is 9.36 Å². The van der Waals surface area contributed by atoms with Gasteiger partial charge in [0.15, 0.2) is 10.9 Å². The van der Waals surface area contributed by atoms with E-state index >= 15 is 0 Å². The fraction of sp³-hybridized carbons (Fsp3) is 0.185. The molecule has 0 atom stereocenters. The molecule has 5 aromatic rings. The average molecular weight is 514 g/mol. The zero-order valence-electron chi connectivity index (χ0n) is 19.6. The zero-order valence-corrected chi connectivity index (χ0v) is 21.3. The topological polar surface area (TPSA) is 77.1 Å². The number of furan rings is 1. The van der Waals surface area contributed by atoms with Gasteiger partial charge in [-0.25, -0.2) is 4.98 Å². The van der Waals surface area contributed by atoms with Crippen LogP contribution in [-0.2, 0) is 18.7 Å². The summed E-state index contributed by atoms with van der Waals surface area (Å²) in [6.07, 6.45) is 2.51. The number of para-hydroxylation sites is 1. The monoisotopic (exact) mass is 513 g/mol. The molecule has 4 heterocycles. The van der Waals surface area contributed by atoms with Gasteiger partial charge < -0.3 is 9.32 Å². The lowest BCUT2D eigenvalue weighted by Gasteiger charge is -2.28. The van der Waals surface area contributed by atoms with E-state index in [1.807, 2.05) is 51.2 Å². The van der Waals surface area contributed by atoms with Crippen molar-refractivity contribution in [2.45, 2.75) is 30.8 Å². The molecule has 0 saturated heterocycles. The predicted octanol–water partition coefficient (Wildman–Crippen LogP) is 5.78. The summed E-state index contributed by atoms with van der Waals surface area (Å²) in [7, 11) is 0. The minimum absolute atomic E-state index is 0.0137. The van der Waals surface area contributed by atoms with Crippen molar-refractivity contribution in [3.05, 3.63) is 99.7 Å². The van der Waals surface area contributed by atoms with Gasteiger partial charge >= 0.3 is 0 Å². The summed E-state index contributed by atoms with van der Waals surface area (Å²) in [6, 6.07) is 20.2. The number of amides is 1. The van der Waals surface area contributed by atoms with Crippen LogP contribution in [0.5, 0.6) is 0 Å². The first-order valence-corrected chi connectivity index (χ1v) is 13.5. The molecule has 2 aromatic carbocycles. The Morgan fingerprint density at radius 2 is 1.89 bits per heavy atom. The number of carbonyl (C=O) groups excluding carboxylic acids is 1. The second-order valence-corrected chi connectivity index (χ2v) is 10.5. The van der Waals surface area contributed by atoms with Crippen molar-refractivity contribution in [1.82, 2.24) is 24.6 Å². The van der Waals surface area contributed by atoms with E-state index in [1.165, 1.54) is 22.5 Å².